The number of anilines is 1. The van der Waals surface area contributed by atoms with E-state index in [1.165, 1.54) is 14.2 Å². The summed E-state index contributed by atoms with van der Waals surface area (Å²) in [6.07, 6.45) is 0. The minimum atomic E-state index is -0.626. The van der Waals surface area contributed by atoms with Crippen molar-refractivity contribution in [1.29, 1.82) is 0 Å². The van der Waals surface area contributed by atoms with E-state index in [-0.39, 0.29) is 21.3 Å². The minimum absolute atomic E-state index is 0.157. The molecule has 2 rings (SSSR count). The first-order valence-corrected chi connectivity index (χ1v) is 8.83. The molecule has 26 heavy (non-hydrogen) atoms. The summed E-state index contributed by atoms with van der Waals surface area (Å²) in [6, 6.07) is 7.23. The Morgan fingerprint density at radius 3 is 2.08 bits per heavy atom. The monoisotopic (exact) mass is 375 g/mol. The first kappa shape index (κ1) is 19.7. The maximum absolute atomic E-state index is 12.5. The van der Waals surface area contributed by atoms with E-state index in [1.54, 1.807) is 19.1 Å². The van der Waals surface area contributed by atoms with Gasteiger partial charge in [0.2, 0.25) is 0 Å². The highest BCUT2D eigenvalue weighted by molar-refractivity contribution is 7.18. The van der Waals surface area contributed by atoms with Crippen LogP contribution in [0.3, 0.4) is 0 Å². The lowest BCUT2D eigenvalue weighted by atomic mass is 10.0. The van der Waals surface area contributed by atoms with E-state index in [0.717, 1.165) is 16.9 Å². The number of thiophene rings is 1. The Morgan fingerprint density at radius 2 is 1.58 bits per heavy atom. The normalized spacial score (nSPS) is 10.5. The summed E-state index contributed by atoms with van der Waals surface area (Å²) in [4.78, 5) is 36.8. The minimum Gasteiger partial charge on any atom is -0.465 e. The Labute approximate surface area is 156 Å². The van der Waals surface area contributed by atoms with E-state index in [0.29, 0.717) is 17.0 Å². The molecular formula is C19H21NO5S. The van der Waals surface area contributed by atoms with Crippen molar-refractivity contribution in [3.8, 4) is 0 Å². The number of nitrogens with one attached hydrogen (secondary N) is 1. The molecule has 0 aliphatic heterocycles. The van der Waals surface area contributed by atoms with Crippen molar-refractivity contribution in [3.63, 3.8) is 0 Å². The van der Waals surface area contributed by atoms with E-state index in [1.807, 2.05) is 12.1 Å². The van der Waals surface area contributed by atoms with Gasteiger partial charge in [-0.25, -0.2) is 9.59 Å². The van der Waals surface area contributed by atoms with Crippen molar-refractivity contribution in [2.24, 2.45) is 0 Å². The molecule has 1 aromatic carbocycles. The largest absolute Gasteiger partial charge is 0.465 e. The van der Waals surface area contributed by atoms with Gasteiger partial charge in [-0.3, -0.25) is 4.79 Å². The van der Waals surface area contributed by atoms with Gasteiger partial charge in [-0.1, -0.05) is 26.0 Å². The second-order valence-corrected chi connectivity index (χ2v) is 6.99. The number of amides is 1. The third kappa shape index (κ3) is 3.94. The van der Waals surface area contributed by atoms with Gasteiger partial charge in [-0.05, 0) is 36.1 Å². The van der Waals surface area contributed by atoms with Gasteiger partial charge in [-0.2, -0.15) is 0 Å². The molecule has 0 spiro atoms. The zero-order valence-electron chi connectivity index (χ0n) is 15.3. The number of hydrogen-bond acceptors (Lipinski definition) is 6. The highest BCUT2D eigenvalue weighted by Crippen LogP contribution is 2.34. The number of methoxy groups -OCH3 is 2. The van der Waals surface area contributed by atoms with Crippen LogP contribution in [0.4, 0.5) is 5.00 Å². The smallest absolute Gasteiger partial charge is 0.348 e. The van der Waals surface area contributed by atoms with Crippen molar-refractivity contribution >= 4 is 34.2 Å². The summed E-state index contributed by atoms with van der Waals surface area (Å²) >= 11 is 0.986. The third-order valence-electron chi connectivity index (χ3n) is 3.97. The molecule has 1 aromatic heterocycles. The van der Waals surface area contributed by atoms with Crippen LogP contribution in [0.2, 0.25) is 0 Å². The predicted octanol–water partition coefficient (Wildman–Crippen LogP) is 4.01. The quantitative estimate of drug-likeness (QED) is 0.799. The van der Waals surface area contributed by atoms with Crippen molar-refractivity contribution in [3.05, 3.63) is 51.4 Å². The van der Waals surface area contributed by atoms with Crippen LogP contribution in [0.15, 0.2) is 24.3 Å². The average molecular weight is 375 g/mol. The summed E-state index contributed by atoms with van der Waals surface area (Å²) in [5.74, 6) is -1.21. The molecule has 0 unspecified atom stereocenters. The topological polar surface area (TPSA) is 81.7 Å². The standard InChI is InChI=1S/C19H21NO5S/c1-10(2)12-6-8-13(9-7-12)16(21)20-17-14(18(22)24-4)11(3)15(26-17)19(23)25-5/h6-10H,1-5H3,(H,20,21). The number of carbonyl (C=O) groups is 3. The maximum Gasteiger partial charge on any atom is 0.348 e. The maximum atomic E-state index is 12.5. The van der Waals surface area contributed by atoms with Gasteiger partial charge in [0, 0.05) is 5.56 Å². The number of ether oxygens (including phenoxy) is 2. The lowest BCUT2D eigenvalue weighted by Gasteiger charge is -2.08. The number of carbonyl (C=O) groups excluding carboxylic acids is 3. The SMILES string of the molecule is COC(=O)c1sc(NC(=O)c2ccc(C(C)C)cc2)c(C(=O)OC)c1C. The van der Waals surface area contributed by atoms with Crippen LogP contribution in [-0.2, 0) is 9.47 Å². The summed E-state index contributed by atoms with van der Waals surface area (Å²) < 4.78 is 9.51. The third-order valence-corrected chi connectivity index (χ3v) is 5.16. The van der Waals surface area contributed by atoms with E-state index >= 15 is 0 Å². The lowest BCUT2D eigenvalue weighted by Crippen LogP contribution is -2.14. The Balaban J connectivity index is 2.36. The van der Waals surface area contributed by atoms with Crippen LogP contribution in [0.1, 0.15) is 61.3 Å². The highest BCUT2D eigenvalue weighted by Gasteiger charge is 2.27. The molecule has 7 heteroatoms. The number of benzene rings is 1. The Bertz CT molecular complexity index is 836. The van der Waals surface area contributed by atoms with Gasteiger partial charge in [0.05, 0.1) is 19.8 Å². The van der Waals surface area contributed by atoms with Gasteiger partial charge in [0.25, 0.3) is 5.91 Å². The summed E-state index contributed by atoms with van der Waals surface area (Å²) in [6.45, 7) is 5.75. The zero-order chi connectivity index (χ0) is 19.4. The van der Waals surface area contributed by atoms with Crippen molar-refractivity contribution in [1.82, 2.24) is 0 Å². The molecule has 138 valence electrons. The molecule has 0 aliphatic carbocycles. The number of rotatable bonds is 5. The van der Waals surface area contributed by atoms with Crippen LogP contribution in [0, 0.1) is 6.92 Å². The predicted molar refractivity (Wildman–Crippen MR) is 100 cm³/mol. The molecule has 1 heterocycles. The average Bonchev–Trinajstić information content (AvgIpc) is 2.96. The second kappa shape index (κ2) is 8.14. The molecular weight excluding hydrogens is 354 g/mol. The summed E-state index contributed by atoms with van der Waals surface area (Å²) in [7, 11) is 2.50. The molecule has 0 saturated carbocycles. The van der Waals surface area contributed by atoms with Gasteiger partial charge in [0.1, 0.15) is 9.88 Å². The van der Waals surface area contributed by atoms with Crippen LogP contribution < -0.4 is 5.32 Å². The molecule has 2 aromatic rings. The van der Waals surface area contributed by atoms with Gasteiger partial charge < -0.3 is 14.8 Å². The first-order valence-electron chi connectivity index (χ1n) is 8.01. The van der Waals surface area contributed by atoms with Crippen molar-refractivity contribution in [2.75, 3.05) is 19.5 Å². The summed E-state index contributed by atoms with van der Waals surface area (Å²) in [5, 5.41) is 2.96. The fourth-order valence-corrected chi connectivity index (χ4v) is 3.54. The molecule has 0 saturated heterocycles. The van der Waals surface area contributed by atoms with Crippen LogP contribution in [-0.4, -0.2) is 32.1 Å². The fraction of sp³-hybridized carbons (Fsp3) is 0.316. The molecule has 0 radical (unpaired) electrons. The number of hydrogen-bond donors (Lipinski definition) is 1. The molecule has 0 aliphatic rings. The molecule has 0 fully saturated rings. The molecule has 0 atom stereocenters. The van der Waals surface area contributed by atoms with E-state index < -0.39 is 11.9 Å². The zero-order valence-corrected chi connectivity index (χ0v) is 16.2. The van der Waals surface area contributed by atoms with Crippen molar-refractivity contribution < 1.29 is 23.9 Å². The van der Waals surface area contributed by atoms with Gasteiger partial charge >= 0.3 is 11.9 Å². The molecule has 0 bridgehead atoms. The van der Waals surface area contributed by atoms with E-state index in [4.69, 9.17) is 9.47 Å². The fourth-order valence-electron chi connectivity index (χ4n) is 2.43. The van der Waals surface area contributed by atoms with Gasteiger partial charge in [0.15, 0.2) is 0 Å². The molecule has 6 nitrogen and oxygen atoms in total. The Hall–Kier alpha value is -2.67. The van der Waals surface area contributed by atoms with E-state index in [9.17, 15) is 14.4 Å². The van der Waals surface area contributed by atoms with Crippen molar-refractivity contribution in [2.45, 2.75) is 26.7 Å². The Morgan fingerprint density at radius 1 is 1.00 bits per heavy atom. The van der Waals surface area contributed by atoms with Gasteiger partial charge in [-0.15, -0.1) is 11.3 Å². The van der Waals surface area contributed by atoms with Crippen LogP contribution in [0.25, 0.3) is 0 Å². The highest BCUT2D eigenvalue weighted by atomic mass is 32.1. The van der Waals surface area contributed by atoms with Crippen LogP contribution in [0.5, 0.6) is 0 Å². The molecule has 1 amide bonds. The first-order chi connectivity index (χ1) is 12.3. The lowest BCUT2D eigenvalue weighted by molar-refractivity contribution is 0.0601. The summed E-state index contributed by atoms with van der Waals surface area (Å²) in [5.41, 5.74) is 2.15. The second-order valence-electron chi connectivity index (χ2n) is 5.97. The number of esters is 2. The Kier molecular flexibility index (Phi) is 6.15. The van der Waals surface area contributed by atoms with Crippen LogP contribution >= 0.6 is 11.3 Å². The molecule has 1 N–H and O–H groups in total. The van der Waals surface area contributed by atoms with E-state index in [2.05, 4.69) is 19.2 Å².